The highest BCUT2D eigenvalue weighted by atomic mass is 32.2. The fourth-order valence-electron chi connectivity index (χ4n) is 3.42. The first-order valence-corrected chi connectivity index (χ1v) is 8.49. The van der Waals surface area contributed by atoms with Crippen LogP contribution in [0.4, 0.5) is 0 Å². The molecule has 4 rings (SSSR count). The van der Waals surface area contributed by atoms with Crippen molar-refractivity contribution in [1.82, 2.24) is 9.62 Å². The first kappa shape index (κ1) is 12.2. The van der Waals surface area contributed by atoms with Crippen LogP contribution in [0, 0.1) is 0 Å². The van der Waals surface area contributed by atoms with Gasteiger partial charge in [0, 0.05) is 18.0 Å². The monoisotopic (exact) mass is 274 g/mol. The molecule has 0 amide bonds. The number of nitrogens with one attached hydrogen (secondary N) is 1. The maximum absolute atomic E-state index is 3.44. The fourth-order valence-corrected chi connectivity index (χ4v) is 4.31. The van der Waals surface area contributed by atoms with Gasteiger partial charge in [-0.25, -0.2) is 0 Å². The summed E-state index contributed by atoms with van der Waals surface area (Å²) >= 11 is 1.83. The predicted molar refractivity (Wildman–Crippen MR) is 80.2 cm³/mol. The number of fused-ring (bicyclic) bond motifs is 1. The molecular formula is C16H22N2S. The Morgan fingerprint density at radius 3 is 2.79 bits per heavy atom. The van der Waals surface area contributed by atoms with Crippen molar-refractivity contribution in [2.24, 2.45) is 0 Å². The van der Waals surface area contributed by atoms with Gasteiger partial charge in [0.2, 0.25) is 0 Å². The van der Waals surface area contributed by atoms with Gasteiger partial charge in [-0.2, -0.15) is 0 Å². The second-order valence-corrected chi connectivity index (χ2v) is 7.13. The summed E-state index contributed by atoms with van der Waals surface area (Å²) in [5.74, 6) is 0.871. The molecule has 0 bridgehead atoms. The molecule has 2 fully saturated rings. The highest BCUT2D eigenvalue weighted by molar-refractivity contribution is 7.97. The maximum Gasteiger partial charge on any atom is 0.0327 e. The first-order chi connectivity index (χ1) is 9.40. The van der Waals surface area contributed by atoms with Gasteiger partial charge in [-0.1, -0.05) is 12.5 Å². The molecular weight excluding hydrogens is 252 g/mol. The molecule has 1 N–H and O–H groups in total. The lowest BCUT2D eigenvalue weighted by atomic mass is 9.99. The van der Waals surface area contributed by atoms with Crippen molar-refractivity contribution in [3.05, 3.63) is 28.8 Å². The number of hydrogen-bond acceptors (Lipinski definition) is 3. The minimum Gasteiger partial charge on any atom is -0.299 e. The number of benzene rings is 1. The molecule has 0 unspecified atom stereocenters. The molecule has 2 nitrogen and oxygen atoms in total. The summed E-state index contributed by atoms with van der Waals surface area (Å²) in [4.78, 5) is 4.13. The van der Waals surface area contributed by atoms with E-state index in [9.17, 15) is 0 Å². The summed E-state index contributed by atoms with van der Waals surface area (Å²) in [6.07, 6.45) is 7.01. The molecule has 102 valence electrons. The lowest BCUT2D eigenvalue weighted by Gasteiger charge is -2.26. The number of hydrogen-bond donors (Lipinski definition) is 1. The largest absolute Gasteiger partial charge is 0.299 e. The topological polar surface area (TPSA) is 15.3 Å². The SMILES string of the molecule is c1c(CN2CCCCC2)cc(C2CC2)c2c1SNC2. The van der Waals surface area contributed by atoms with Gasteiger partial charge in [0.15, 0.2) is 0 Å². The quantitative estimate of drug-likeness (QED) is 0.847. The van der Waals surface area contributed by atoms with Crippen molar-refractivity contribution in [1.29, 1.82) is 0 Å². The summed E-state index contributed by atoms with van der Waals surface area (Å²) in [6.45, 7) is 4.81. The summed E-state index contributed by atoms with van der Waals surface area (Å²) in [7, 11) is 0. The molecule has 1 aliphatic carbocycles. The minimum atomic E-state index is 0.871. The third-order valence-corrected chi connectivity index (χ3v) is 5.48. The molecule has 0 aromatic heterocycles. The van der Waals surface area contributed by atoms with Crippen LogP contribution in [0.2, 0.25) is 0 Å². The molecule has 2 aliphatic heterocycles. The molecule has 0 radical (unpaired) electrons. The van der Waals surface area contributed by atoms with E-state index in [-0.39, 0.29) is 0 Å². The van der Waals surface area contributed by atoms with Gasteiger partial charge in [-0.3, -0.25) is 9.62 Å². The van der Waals surface area contributed by atoms with Crippen LogP contribution in [-0.4, -0.2) is 18.0 Å². The van der Waals surface area contributed by atoms with Crippen LogP contribution in [-0.2, 0) is 13.1 Å². The summed E-state index contributed by atoms with van der Waals surface area (Å²) < 4.78 is 3.44. The number of likely N-dealkylation sites (tertiary alicyclic amines) is 1. The van der Waals surface area contributed by atoms with Crippen molar-refractivity contribution in [3.63, 3.8) is 0 Å². The molecule has 1 saturated carbocycles. The van der Waals surface area contributed by atoms with Gasteiger partial charge < -0.3 is 0 Å². The highest BCUT2D eigenvalue weighted by Crippen LogP contribution is 2.45. The van der Waals surface area contributed by atoms with Crippen molar-refractivity contribution in [2.75, 3.05) is 13.1 Å². The number of piperidine rings is 1. The predicted octanol–water partition coefficient (Wildman–Crippen LogP) is 3.66. The molecule has 3 heteroatoms. The van der Waals surface area contributed by atoms with Crippen molar-refractivity contribution >= 4 is 11.9 Å². The Labute approximate surface area is 120 Å². The van der Waals surface area contributed by atoms with Gasteiger partial charge in [0.25, 0.3) is 0 Å². The van der Waals surface area contributed by atoms with Crippen molar-refractivity contribution in [3.8, 4) is 0 Å². The molecule has 0 spiro atoms. The van der Waals surface area contributed by atoms with E-state index in [1.807, 2.05) is 11.9 Å². The Morgan fingerprint density at radius 1 is 1.16 bits per heavy atom. The lowest BCUT2D eigenvalue weighted by Crippen LogP contribution is -2.29. The van der Waals surface area contributed by atoms with Gasteiger partial charge >= 0.3 is 0 Å². The van der Waals surface area contributed by atoms with E-state index in [0.717, 1.165) is 19.0 Å². The fraction of sp³-hybridized carbons (Fsp3) is 0.625. The van der Waals surface area contributed by atoms with Gasteiger partial charge in [0.1, 0.15) is 0 Å². The molecule has 1 aromatic carbocycles. The van der Waals surface area contributed by atoms with Crippen molar-refractivity contribution < 1.29 is 0 Å². The molecule has 2 heterocycles. The van der Waals surface area contributed by atoms with Crippen LogP contribution in [0.5, 0.6) is 0 Å². The zero-order chi connectivity index (χ0) is 12.7. The second-order valence-electron chi connectivity index (χ2n) is 6.20. The van der Waals surface area contributed by atoms with Crippen LogP contribution in [0.1, 0.15) is 54.7 Å². The molecule has 0 atom stereocenters. The Hall–Kier alpha value is -0.510. The van der Waals surface area contributed by atoms with Crippen LogP contribution in [0.25, 0.3) is 0 Å². The minimum absolute atomic E-state index is 0.871. The normalized spacial score (nSPS) is 23.6. The summed E-state index contributed by atoms with van der Waals surface area (Å²) in [5.41, 5.74) is 4.79. The Bertz CT molecular complexity index is 476. The smallest absolute Gasteiger partial charge is 0.0327 e. The lowest BCUT2D eigenvalue weighted by molar-refractivity contribution is 0.220. The number of nitrogens with zero attached hydrogens (tertiary/aromatic N) is 1. The van der Waals surface area contributed by atoms with E-state index in [1.165, 1.54) is 50.1 Å². The first-order valence-electron chi connectivity index (χ1n) is 7.68. The van der Waals surface area contributed by atoms with E-state index in [1.54, 1.807) is 16.7 Å². The Morgan fingerprint density at radius 2 is 2.00 bits per heavy atom. The van der Waals surface area contributed by atoms with E-state index in [0.29, 0.717) is 0 Å². The Kier molecular flexibility index (Phi) is 3.30. The second kappa shape index (κ2) is 5.12. The zero-order valence-corrected chi connectivity index (χ0v) is 12.3. The standard InChI is InChI=1S/C16H22N2S/c1-2-6-18(7-3-1)11-12-8-14(13-4-5-13)15-10-17-19-16(15)9-12/h8-9,13,17H,1-7,10-11H2. The van der Waals surface area contributed by atoms with E-state index in [4.69, 9.17) is 0 Å². The third kappa shape index (κ3) is 2.56. The molecule has 1 aromatic rings. The van der Waals surface area contributed by atoms with Gasteiger partial charge in [0.05, 0.1) is 0 Å². The molecule has 3 aliphatic rings. The van der Waals surface area contributed by atoms with Gasteiger partial charge in [-0.05, 0) is 79.4 Å². The van der Waals surface area contributed by atoms with Crippen LogP contribution < -0.4 is 4.72 Å². The van der Waals surface area contributed by atoms with Gasteiger partial charge in [-0.15, -0.1) is 0 Å². The van der Waals surface area contributed by atoms with Crippen LogP contribution in [0.15, 0.2) is 17.0 Å². The summed E-state index contributed by atoms with van der Waals surface area (Å²) in [5, 5.41) is 0. The average molecular weight is 274 g/mol. The van der Waals surface area contributed by atoms with Crippen LogP contribution in [0.3, 0.4) is 0 Å². The van der Waals surface area contributed by atoms with Crippen LogP contribution >= 0.6 is 11.9 Å². The summed E-state index contributed by atoms with van der Waals surface area (Å²) in [6, 6.07) is 4.94. The Balaban J connectivity index is 1.59. The number of rotatable bonds is 3. The van der Waals surface area contributed by atoms with E-state index >= 15 is 0 Å². The highest BCUT2D eigenvalue weighted by Gasteiger charge is 2.29. The molecule has 1 saturated heterocycles. The maximum atomic E-state index is 3.44. The zero-order valence-electron chi connectivity index (χ0n) is 11.5. The molecule has 19 heavy (non-hydrogen) atoms. The van der Waals surface area contributed by atoms with Crippen molar-refractivity contribution in [2.45, 2.75) is 56.0 Å². The van der Waals surface area contributed by atoms with E-state index < -0.39 is 0 Å². The average Bonchev–Trinajstić information content (AvgIpc) is 3.17. The van der Waals surface area contributed by atoms with E-state index in [2.05, 4.69) is 21.8 Å². The third-order valence-electron chi connectivity index (χ3n) is 4.61.